The van der Waals surface area contributed by atoms with Gasteiger partial charge in [-0.05, 0) is 69.6 Å². The summed E-state index contributed by atoms with van der Waals surface area (Å²) in [5.74, 6) is -0.184. The zero-order valence-corrected chi connectivity index (χ0v) is 22.0. The lowest BCUT2D eigenvalue weighted by Gasteiger charge is -2.28. The number of likely N-dealkylation sites (tertiary alicyclic amines) is 1. The molecular weight excluding hydrogens is 494 g/mol. The minimum Gasteiger partial charge on any atom is -0.496 e. The molecule has 37 heavy (non-hydrogen) atoms. The molecule has 0 spiro atoms. The number of nitriles is 1. The summed E-state index contributed by atoms with van der Waals surface area (Å²) in [6, 6.07) is 5.83. The molecule has 3 aliphatic rings. The number of ether oxygens (including phenoxy) is 1. The van der Waals surface area contributed by atoms with Crippen molar-refractivity contribution in [2.75, 3.05) is 13.7 Å². The van der Waals surface area contributed by atoms with Crippen molar-refractivity contribution in [3.63, 3.8) is 0 Å². The number of carbonyl (C=O) groups excluding carboxylic acids is 3. The first-order valence-electron chi connectivity index (χ1n) is 12.8. The Morgan fingerprint density at radius 2 is 2.11 bits per heavy atom. The molecule has 3 heterocycles. The van der Waals surface area contributed by atoms with E-state index in [1.54, 1.807) is 30.2 Å². The number of benzene rings is 1. The number of fused-ring (bicyclic) bond motifs is 2. The van der Waals surface area contributed by atoms with Crippen molar-refractivity contribution in [2.24, 2.45) is 17.8 Å². The predicted octanol–water partition coefficient (Wildman–Crippen LogP) is 3.38. The first-order valence-corrected chi connectivity index (χ1v) is 13.2. The summed E-state index contributed by atoms with van der Waals surface area (Å²) < 4.78 is 5.43. The Morgan fingerprint density at radius 1 is 1.32 bits per heavy atom. The highest BCUT2D eigenvalue weighted by molar-refractivity contribution is 6.31. The topological polar surface area (TPSA) is 127 Å². The van der Waals surface area contributed by atoms with Crippen LogP contribution in [0.2, 0.25) is 5.02 Å². The van der Waals surface area contributed by atoms with Crippen molar-refractivity contribution in [1.82, 2.24) is 20.5 Å². The van der Waals surface area contributed by atoms with Crippen LogP contribution in [0.25, 0.3) is 10.9 Å². The van der Waals surface area contributed by atoms with Crippen LogP contribution in [-0.2, 0) is 9.59 Å². The van der Waals surface area contributed by atoms with Gasteiger partial charge in [-0.3, -0.25) is 14.4 Å². The highest BCUT2D eigenvalue weighted by Gasteiger charge is 2.50. The molecule has 196 valence electrons. The van der Waals surface area contributed by atoms with Crippen LogP contribution in [0, 0.1) is 29.1 Å². The third-order valence-corrected chi connectivity index (χ3v) is 8.33. The molecule has 3 N–H and O–H groups in total. The Kier molecular flexibility index (Phi) is 6.57. The molecule has 10 heteroatoms. The molecule has 0 bridgehead atoms. The van der Waals surface area contributed by atoms with E-state index in [9.17, 15) is 19.6 Å². The van der Waals surface area contributed by atoms with Gasteiger partial charge in [-0.25, -0.2) is 0 Å². The van der Waals surface area contributed by atoms with Crippen molar-refractivity contribution in [3.05, 3.63) is 28.9 Å². The van der Waals surface area contributed by atoms with Gasteiger partial charge in [-0.15, -0.1) is 0 Å². The normalized spacial score (nSPS) is 27.0. The van der Waals surface area contributed by atoms with E-state index in [0.29, 0.717) is 34.9 Å². The van der Waals surface area contributed by atoms with E-state index in [-0.39, 0.29) is 47.4 Å². The van der Waals surface area contributed by atoms with Gasteiger partial charge in [0, 0.05) is 28.4 Å². The number of aromatic amines is 1. The van der Waals surface area contributed by atoms with Crippen LogP contribution in [-0.4, -0.2) is 58.9 Å². The number of amides is 3. The van der Waals surface area contributed by atoms with Gasteiger partial charge >= 0.3 is 0 Å². The quantitative estimate of drug-likeness (QED) is 0.532. The molecule has 3 fully saturated rings. The van der Waals surface area contributed by atoms with Gasteiger partial charge in [0.05, 0.1) is 18.7 Å². The molecule has 2 aliphatic heterocycles. The lowest BCUT2D eigenvalue weighted by molar-refractivity contribution is -0.127. The van der Waals surface area contributed by atoms with Gasteiger partial charge < -0.3 is 25.3 Å². The van der Waals surface area contributed by atoms with E-state index in [1.165, 1.54) is 0 Å². The van der Waals surface area contributed by atoms with Crippen molar-refractivity contribution in [2.45, 2.75) is 63.6 Å². The van der Waals surface area contributed by atoms with Gasteiger partial charge in [-0.2, -0.15) is 5.26 Å². The lowest BCUT2D eigenvalue weighted by atomic mass is 9.91. The summed E-state index contributed by atoms with van der Waals surface area (Å²) in [7, 11) is 1.55. The smallest absolute Gasteiger partial charge is 0.271 e. The van der Waals surface area contributed by atoms with Gasteiger partial charge in [-0.1, -0.05) is 18.0 Å². The summed E-state index contributed by atoms with van der Waals surface area (Å²) in [5, 5.41) is 16.8. The molecule has 3 unspecified atom stereocenters. The molecule has 1 aromatic carbocycles. The number of nitrogens with zero attached hydrogens (tertiary/aromatic N) is 2. The molecule has 2 aromatic rings. The van der Waals surface area contributed by atoms with E-state index in [1.807, 2.05) is 13.8 Å². The number of carbonyl (C=O) groups is 3. The van der Waals surface area contributed by atoms with Crippen LogP contribution in [0.5, 0.6) is 5.75 Å². The van der Waals surface area contributed by atoms with Crippen LogP contribution in [0.4, 0.5) is 0 Å². The number of halogens is 1. The molecule has 1 aliphatic carbocycles. The number of hydrogen-bond donors (Lipinski definition) is 3. The molecule has 2 saturated heterocycles. The van der Waals surface area contributed by atoms with Gasteiger partial charge in [0.25, 0.3) is 5.91 Å². The fourth-order valence-electron chi connectivity index (χ4n) is 6.53. The van der Waals surface area contributed by atoms with E-state index >= 15 is 0 Å². The number of aromatic nitrogens is 1. The number of nitrogens with one attached hydrogen (secondary N) is 3. The molecular formula is C27H32ClN5O4. The van der Waals surface area contributed by atoms with E-state index in [2.05, 4.69) is 21.7 Å². The maximum absolute atomic E-state index is 13.7. The SMILES string of the molecule is COc1cc(Cl)cc2[nH]c(C(=O)N3CC4CCCC4[C@H]3C(=O)N[C@H](C#N)CC3CC(C)(C)NC3=O)cc12. The minimum absolute atomic E-state index is 0.0466. The fourth-order valence-corrected chi connectivity index (χ4v) is 6.74. The Labute approximate surface area is 220 Å². The highest BCUT2D eigenvalue weighted by atomic mass is 35.5. The van der Waals surface area contributed by atoms with Gasteiger partial charge in [0.2, 0.25) is 11.8 Å². The van der Waals surface area contributed by atoms with E-state index in [0.717, 1.165) is 24.6 Å². The van der Waals surface area contributed by atoms with Crippen LogP contribution < -0.4 is 15.4 Å². The Balaban J connectivity index is 1.37. The second kappa shape index (κ2) is 9.56. The summed E-state index contributed by atoms with van der Waals surface area (Å²) in [6.45, 7) is 4.38. The Bertz CT molecular complexity index is 1300. The molecule has 1 aromatic heterocycles. The average Bonchev–Trinajstić information content (AvgIpc) is 3.59. The Morgan fingerprint density at radius 3 is 2.78 bits per heavy atom. The van der Waals surface area contributed by atoms with Gasteiger partial charge in [0.1, 0.15) is 23.5 Å². The maximum Gasteiger partial charge on any atom is 0.271 e. The summed E-state index contributed by atoms with van der Waals surface area (Å²) in [6.07, 6.45) is 3.69. The first-order chi connectivity index (χ1) is 17.6. The van der Waals surface area contributed by atoms with Crippen molar-refractivity contribution >= 4 is 40.2 Å². The van der Waals surface area contributed by atoms with Crippen LogP contribution >= 0.6 is 11.6 Å². The summed E-state index contributed by atoms with van der Waals surface area (Å²) >= 11 is 6.20. The van der Waals surface area contributed by atoms with Crippen LogP contribution in [0.1, 0.15) is 56.4 Å². The highest BCUT2D eigenvalue weighted by Crippen LogP contribution is 2.43. The summed E-state index contributed by atoms with van der Waals surface area (Å²) in [5.41, 5.74) is 0.703. The third-order valence-electron chi connectivity index (χ3n) is 8.12. The Hall–Kier alpha value is -3.25. The maximum atomic E-state index is 13.7. The molecule has 5 rings (SSSR count). The lowest BCUT2D eigenvalue weighted by Crippen LogP contribution is -2.51. The van der Waals surface area contributed by atoms with Crippen molar-refractivity contribution in [3.8, 4) is 11.8 Å². The monoisotopic (exact) mass is 525 g/mol. The zero-order valence-electron chi connectivity index (χ0n) is 21.3. The van der Waals surface area contributed by atoms with Crippen molar-refractivity contribution in [1.29, 1.82) is 5.26 Å². The largest absolute Gasteiger partial charge is 0.496 e. The minimum atomic E-state index is -0.811. The predicted molar refractivity (Wildman–Crippen MR) is 138 cm³/mol. The van der Waals surface area contributed by atoms with Gasteiger partial charge in [0.15, 0.2) is 0 Å². The second-order valence-electron chi connectivity index (χ2n) is 11.2. The van der Waals surface area contributed by atoms with E-state index in [4.69, 9.17) is 16.3 Å². The molecule has 5 atom stereocenters. The van der Waals surface area contributed by atoms with Crippen LogP contribution in [0.15, 0.2) is 18.2 Å². The second-order valence-corrected chi connectivity index (χ2v) is 11.6. The summed E-state index contributed by atoms with van der Waals surface area (Å²) in [4.78, 5) is 44.5. The number of methoxy groups -OCH3 is 1. The number of hydrogen-bond acceptors (Lipinski definition) is 5. The van der Waals surface area contributed by atoms with E-state index < -0.39 is 12.1 Å². The average molecular weight is 526 g/mol. The third kappa shape index (κ3) is 4.75. The van der Waals surface area contributed by atoms with Crippen molar-refractivity contribution < 1.29 is 19.1 Å². The molecule has 1 saturated carbocycles. The molecule has 9 nitrogen and oxygen atoms in total. The first kappa shape index (κ1) is 25.4. The molecule has 0 radical (unpaired) electrons. The number of rotatable bonds is 6. The standard InChI is InChI=1S/C27H32ClN5O4/c1-27(2)11-15(24(34)32-27)7-17(12-29)30-25(35)23-18-6-4-5-14(18)13-33(23)26(36)21-10-19-20(31-21)8-16(28)9-22(19)37-3/h8-10,14-15,17-18,23,31H,4-7,11,13H2,1-3H3,(H,30,35)(H,32,34)/t14?,15?,17-,18?,23-/m0/s1. The number of H-pyrrole nitrogens is 1. The zero-order chi connectivity index (χ0) is 26.5. The van der Waals surface area contributed by atoms with Crippen LogP contribution in [0.3, 0.4) is 0 Å². The fraction of sp³-hybridized carbons (Fsp3) is 0.556. The molecule has 3 amide bonds.